The van der Waals surface area contributed by atoms with Gasteiger partial charge in [-0.2, -0.15) is 0 Å². The van der Waals surface area contributed by atoms with E-state index in [1.54, 1.807) is 47.0 Å². The van der Waals surface area contributed by atoms with Crippen LogP contribution in [-0.4, -0.2) is 45.8 Å². The van der Waals surface area contributed by atoms with Crippen molar-refractivity contribution in [3.8, 4) is 0 Å². The number of hydrogen-bond donors (Lipinski definition) is 2. The number of benzene rings is 2. The molecule has 0 radical (unpaired) electrons. The minimum Gasteiger partial charge on any atom is -0.347 e. The van der Waals surface area contributed by atoms with Gasteiger partial charge in [-0.05, 0) is 41.8 Å². The van der Waals surface area contributed by atoms with Gasteiger partial charge >= 0.3 is 0 Å². The van der Waals surface area contributed by atoms with Crippen molar-refractivity contribution in [3.05, 3.63) is 89.2 Å². The van der Waals surface area contributed by atoms with Crippen LogP contribution in [-0.2, 0) is 11.8 Å². The van der Waals surface area contributed by atoms with Gasteiger partial charge in [-0.25, -0.2) is 0 Å². The van der Waals surface area contributed by atoms with Gasteiger partial charge in [0.15, 0.2) is 0 Å². The predicted octanol–water partition coefficient (Wildman–Crippen LogP) is 3.16. The maximum Gasteiger partial charge on any atom is 0.268 e. The number of carbonyl (C=O) groups excluding carboxylic acids is 3. The fraction of sp³-hybridized carbons (Fsp3) is 0.192. The lowest BCUT2D eigenvalue weighted by molar-refractivity contribution is -0.119. The van der Waals surface area contributed by atoms with Crippen molar-refractivity contribution in [3.63, 3.8) is 0 Å². The molecule has 0 bridgehead atoms. The van der Waals surface area contributed by atoms with Crippen LogP contribution in [0.25, 0.3) is 12.2 Å². The van der Waals surface area contributed by atoms with Gasteiger partial charge in [-0.15, -0.1) is 0 Å². The highest BCUT2D eigenvalue weighted by Gasteiger charge is 2.43. The second-order valence-electron chi connectivity index (χ2n) is 8.42. The van der Waals surface area contributed by atoms with Crippen LogP contribution in [0, 0.1) is 0 Å². The Hall–Kier alpha value is -4.13. The zero-order chi connectivity index (χ0) is 22.9. The fourth-order valence-electron chi connectivity index (χ4n) is 4.45. The van der Waals surface area contributed by atoms with E-state index in [2.05, 4.69) is 10.6 Å². The molecule has 166 valence electrons. The quantitative estimate of drug-likeness (QED) is 0.612. The maximum absolute atomic E-state index is 13.4. The second-order valence-corrected chi connectivity index (χ2v) is 8.42. The number of nitrogens with zero attached hydrogens (tertiary/aromatic N) is 2. The van der Waals surface area contributed by atoms with E-state index in [0.717, 1.165) is 11.1 Å². The third-order valence-corrected chi connectivity index (χ3v) is 6.18. The summed E-state index contributed by atoms with van der Waals surface area (Å²) in [4.78, 5) is 40.5. The van der Waals surface area contributed by atoms with Crippen LogP contribution in [0.1, 0.15) is 38.4 Å². The third-order valence-electron chi connectivity index (χ3n) is 6.18. The van der Waals surface area contributed by atoms with Crippen LogP contribution in [0.3, 0.4) is 0 Å². The Bertz CT molecular complexity index is 1260. The molecule has 0 spiro atoms. The first-order valence-electron chi connectivity index (χ1n) is 10.9. The maximum atomic E-state index is 13.4. The van der Waals surface area contributed by atoms with Gasteiger partial charge < -0.3 is 20.1 Å². The molecule has 5 rings (SSSR count). The van der Waals surface area contributed by atoms with E-state index in [4.69, 9.17) is 0 Å². The lowest BCUT2D eigenvalue weighted by Gasteiger charge is -2.20. The summed E-state index contributed by atoms with van der Waals surface area (Å²) >= 11 is 0. The largest absolute Gasteiger partial charge is 0.347 e. The number of fused-ring (bicyclic) bond motifs is 2. The molecule has 3 heterocycles. The first-order chi connectivity index (χ1) is 16.0. The van der Waals surface area contributed by atoms with Crippen molar-refractivity contribution >= 4 is 35.6 Å². The van der Waals surface area contributed by atoms with Gasteiger partial charge in [0.05, 0.1) is 11.3 Å². The van der Waals surface area contributed by atoms with Crippen molar-refractivity contribution in [2.75, 3.05) is 11.9 Å². The van der Waals surface area contributed by atoms with Crippen molar-refractivity contribution in [2.45, 2.75) is 18.5 Å². The molecule has 2 aliphatic rings. The predicted molar refractivity (Wildman–Crippen MR) is 127 cm³/mol. The minimum atomic E-state index is -0.619. The first kappa shape index (κ1) is 20.8. The average Bonchev–Trinajstić information content (AvgIpc) is 3.42. The van der Waals surface area contributed by atoms with Crippen LogP contribution in [0.15, 0.2) is 66.9 Å². The van der Waals surface area contributed by atoms with Gasteiger partial charge in [-0.1, -0.05) is 48.6 Å². The molecular weight excluding hydrogens is 416 g/mol. The van der Waals surface area contributed by atoms with Crippen molar-refractivity contribution in [2.24, 2.45) is 7.05 Å². The molecule has 2 aromatic carbocycles. The van der Waals surface area contributed by atoms with Gasteiger partial charge in [0.25, 0.3) is 11.8 Å². The summed E-state index contributed by atoms with van der Waals surface area (Å²) in [6.07, 6.45) is 6.10. The molecule has 1 saturated heterocycles. The summed E-state index contributed by atoms with van der Waals surface area (Å²) in [5.74, 6) is -0.657. The molecule has 0 aliphatic carbocycles. The zero-order valence-corrected chi connectivity index (χ0v) is 18.2. The summed E-state index contributed by atoms with van der Waals surface area (Å²) < 4.78 is 1.74. The zero-order valence-electron chi connectivity index (χ0n) is 18.2. The number of anilines is 1. The normalized spacial score (nSPS) is 19.7. The summed E-state index contributed by atoms with van der Waals surface area (Å²) in [6.45, 7) is 0.288. The molecule has 1 fully saturated rings. The highest BCUT2D eigenvalue weighted by molar-refractivity contribution is 6.10. The van der Waals surface area contributed by atoms with Crippen LogP contribution < -0.4 is 10.6 Å². The van der Waals surface area contributed by atoms with Gasteiger partial charge in [-0.3, -0.25) is 14.4 Å². The van der Waals surface area contributed by atoms with Gasteiger partial charge in [0.1, 0.15) is 11.7 Å². The Balaban J connectivity index is 1.36. The van der Waals surface area contributed by atoms with E-state index in [-0.39, 0.29) is 30.3 Å². The minimum absolute atomic E-state index is 0.209. The Kier molecular flexibility index (Phi) is 5.30. The number of aryl methyl sites for hydroxylation is 1. The van der Waals surface area contributed by atoms with E-state index in [0.29, 0.717) is 23.4 Å². The number of nitrogens with one attached hydrogen (secondary N) is 2. The van der Waals surface area contributed by atoms with Crippen LogP contribution in [0.5, 0.6) is 0 Å². The highest BCUT2D eigenvalue weighted by Crippen LogP contribution is 2.30. The van der Waals surface area contributed by atoms with E-state index in [1.807, 2.05) is 48.6 Å². The molecule has 2 aliphatic heterocycles. The van der Waals surface area contributed by atoms with Crippen molar-refractivity contribution < 1.29 is 14.4 Å². The molecule has 7 heteroatoms. The van der Waals surface area contributed by atoms with Crippen molar-refractivity contribution in [1.29, 1.82) is 0 Å². The number of hydrogen-bond acceptors (Lipinski definition) is 3. The Labute approximate surface area is 191 Å². The summed E-state index contributed by atoms with van der Waals surface area (Å²) in [5, 5.41) is 5.86. The topological polar surface area (TPSA) is 83.4 Å². The Morgan fingerprint density at radius 1 is 1.03 bits per heavy atom. The molecule has 2 unspecified atom stereocenters. The Morgan fingerprint density at radius 2 is 1.82 bits per heavy atom. The first-order valence-corrected chi connectivity index (χ1v) is 10.9. The SMILES string of the molecule is Cn1cccc1C(=O)NC1CC2C(=O)Nc3ccc(C=Cc4ccccc4)cc3C(=O)N2C1. The summed E-state index contributed by atoms with van der Waals surface area (Å²) in [7, 11) is 1.80. The highest BCUT2D eigenvalue weighted by atomic mass is 16.2. The molecule has 2 N–H and O–H groups in total. The lowest BCUT2D eigenvalue weighted by atomic mass is 10.1. The van der Waals surface area contributed by atoms with Crippen molar-refractivity contribution in [1.82, 2.24) is 14.8 Å². The third kappa shape index (κ3) is 4.05. The van der Waals surface area contributed by atoms with Gasteiger partial charge in [0.2, 0.25) is 5.91 Å². The smallest absolute Gasteiger partial charge is 0.268 e. The van der Waals surface area contributed by atoms with E-state index >= 15 is 0 Å². The van der Waals surface area contributed by atoms with Gasteiger partial charge in [0, 0.05) is 25.8 Å². The van der Waals surface area contributed by atoms with E-state index in [1.165, 1.54) is 0 Å². The van der Waals surface area contributed by atoms with Crippen LogP contribution >= 0.6 is 0 Å². The molecule has 3 amide bonds. The number of rotatable bonds is 4. The monoisotopic (exact) mass is 440 g/mol. The number of carbonyl (C=O) groups is 3. The molecule has 1 aromatic heterocycles. The average molecular weight is 441 g/mol. The molecule has 2 atom stereocenters. The molecular formula is C26H24N4O3. The Morgan fingerprint density at radius 3 is 2.58 bits per heavy atom. The number of amides is 3. The van der Waals surface area contributed by atoms with E-state index < -0.39 is 6.04 Å². The standard InChI is InChI=1S/C26H24N4O3/c1-29-13-5-8-22(29)24(31)27-19-15-23-25(32)28-21-12-11-18(10-9-17-6-3-2-4-7-17)14-20(21)26(33)30(23)16-19/h2-14,19,23H,15-16H2,1H3,(H,27,31)(H,28,32). The summed E-state index contributed by atoms with van der Waals surface area (Å²) in [6, 6.07) is 18.0. The second kappa shape index (κ2) is 8.43. The molecule has 7 nitrogen and oxygen atoms in total. The molecule has 3 aromatic rings. The fourth-order valence-corrected chi connectivity index (χ4v) is 4.45. The molecule has 33 heavy (non-hydrogen) atoms. The summed E-state index contributed by atoms with van der Waals surface area (Å²) in [5.41, 5.74) is 3.43. The van der Waals surface area contributed by atoms with E-state index in [9.17, 15) is 14.4 Å². The lowest BCUT2D eigenvalue weighted by Crippen LogP contribution is -2.41. The molecule has 0 saturated carbocycles. The van der Waals surface area contributed by atoms with Crippen LogP contribution in [0.2, 0.25) is 0 Å². The number of aromatic nitrogens is 1. The van der Waals surface area contributed by atoms with Crippen LogP contribution in [0.4, 0.5) is 5.69 Å².